The van der Waals surface area contributed by atoms with E-state index in [2.05, 4.69) is 10.5 Å². The number of rotatable bonds is 9. The van der Waals surface area contributed by atoms with Crippen LogP contribution in [0.5, 0.6) is 17.2 Å². The number of methoxy groups -OCH3 is 1. The van der Waals surface area contributed by atoms with Crippen LogP contribution in [0.3, 0.4) is 0 Å². The number of sulfonamides is 1. The first-order valence-electron chi connectivity index (χ1n) is 9.08. The van der Waals surface area contributed by atoms with E-state index in [1.807, 2.05) is 0 Å². The smallest absolute Gasteiger partial charge is 0.255 e. The molecule has 0 atom stereocenters. The van der Waals surface area contributed by atoms with Gasteiger partial charge in [0.25, 0.3) is 5.91 Å². The minimum atomic E-state index is -3.87. The lowest BCUT2D eigenvalue weighted by Gasteiger charge is -2.17. The number of carbonyl (C=O) groups is 1. The fourth-order valence-corrected chi connectivity index (χ4v) is 3.82. The van der Waals surface area contributed by atoms with Gasteiger partial charge >= 0.3 is 0 Å². The van der Waals surface area contributed by atoms with Gasteiger partial charge in [-0.25, -0.2) is 13.8 Å². The number of hydrazone groups is 1. The summed E-state index contributed by atoms with van der Waals surface area (Å²) in [5, 5.41) is 13.9. The van der Waals surface area contributed by atoms with Gasteiger partial charge in [0.1, 0.15) is 5.75 Å². The average Bonchev–Trinajstić information content (AvgIpc) is 2.70. The van der Waals surface area contributed by atoms with Crippen molar-refractivity contribution in [1.82, 2.24) is 9.73 Å². The molecular formula is C20H25N3O6S. The van der Waals surface area contributed by atoms with Gasteiger partial charge in [0.05, 0.1) is 31.4 Å². The quantitative estimate of drug-likeness (QED) is 0.459. The van der Waals surface area contributed by atoms with Crippen molar-refractivity contribution in [3.63, 3.8) is 0 Å². The van der Waals surface area contributed by atoms with Gasteiger partial charge in [0, 0.05) is 12.6 Å². The number of hydrogen-bond acceptors (Lipinski definition) is 7. The molecular weight excluding hydrogens is 410 g/mol. The minimum Gasteiger partial charge on any atom is -0.504 e. The van der Waals surface area contributed by atoms with Crippen LogP contribution in [-0.4, -0.2) is 57.3 Å². The van der Waals surface area contributed by atoms with Gasteiger partial charge < -0.3 is 14.6 Å². The number of amides is 1. The second-order valence-corrected chi connectivity index (χ2v) is 8.36. The molecule has 0 fully saturated rings. The molecule has 0 bridgehead atoms. The summed E-state index contributed by atoms with van der Waals surface area (Å²) >= 11 is 0. The normalized spacial score (nSPS) is 11.6. The third-order valence-electron chi connectivity index (χ3n) is 4.16. The van der Waals surface area contributed by atoms with E-state index in [0.29, 0.717) is 29.2 Å². The van der Waals surface area contributed by atoms with E-state index in [0.717, 1.165) is 4.31 Å². The summed E-state index contributed by atoms with van der Waals surface area (Å²) in [6.45, 7) is 3.47. The molecule has 2 N–H and O–H groups in total. The van der Waals surface area contributed by atoms with Crippen LogP contribution in [0.4, 0.5) is 0 Å². The zero-order valence-electron chi connectivity index (χ0n) is 17.2. The fraction of sp³-hybridized carbons (Fsp3) is 0.300. The number of phenols is 1. The molecule has 0 aliphatic carbocycles. The highest BCUT2D eigenvalue weighted by Gasteiger charge is 2.23. The summed E-state index contributed by atoms with van der Waals surface area (Å²) in [7, 11) is -1.07. The maximum absolute atomic E-state index is 12.7. The first-order chi connectivity index (χ1) is 14.2. The van der Waals surface area contributed by atoms with E-state index >= 15 is 0 Å². The number of para-hydroxylation sites is 1. The summed E-state index contributed by atoms with van der Waals surface area (Å²) < 4.78 is 36.7. The summed E-state index contributed by atoms with van der Waals surface area (Å²) in [6.07, 6.45) is 1.25. The van der Waals surface area contributed by atoms with Crippen molar-refractivity contribution in [3.8, 4) is 17.2 Å². The fourth-order valence-electron chi connectivity index (χ4n) is 2.60. The monoisotopic (exact) mass is 435 g/mol. The van der Waals surface area contributed by atoms with Crippen LogP contribution < -0.4 is 14.9 Å². The number of carbonyl (C=O) groups excluding carboxylic acids is 1. The zero-order valence-corrected chi connectivity index (χ0v) is 18.1. The molecule has 1 amide bonds. The van der Waals surface area contributed by atoms with Gasteiger partial charge in [-0.2, -0.15) is 9.41 Å². The van der Waals surface area contributed by atoms with Gasteiger partial charge in [-0.3, -0.25) is 4.79 Å². The van der Waals surface area contributed by atoms with Crippen LogP contribution in [0.1, 0.15) is 18.1 Å². The number of nitrogens with zero attached hydrogens (tertiary/aromatic N) is 2. The lowest BCUT2D eigenvalue weighted by molar-refractivity contribution is -0.121. The molecule has 0 spiro atoms. The van der Waals surface area contributed by atoms with Gasteiger partial charge in [-0.05, 0) is 49.7 Å². The van der Waals surface area contributed by atoms with Crippen LogP contribution in [0.25, 0.3) is 0 Å². The maximum atomic E-state index is 12.7. The van der Waals surface area contributed by atoms with E-state index in [1.54, 1.807) is 38.1 Å². The number of phenolic OH excluding ortho intramolecular Hbond substituents is 1. The van der Waals surface area contributed by atoms with E-state index < -0.39 is 22.5 Å². The number of aryl methyl sites for hydroxylation is 1. The lowest BCUT2D eigenvalue weighted by Crippen LogP contribution is -2.36. The third-order valence-corrected chi connectivity index (χ3v) is 5.96. The molecule has 2 aromatic carbocycles. The highest BCUT2D eigenvalue weighted by molar-refractivity contribution is 7.89. The van der Waals surface area contributed by atoms with Crippen molar-refractivity contribution in [3.05, 3.63) is 47.5 Å². The van der Waals surface area contributed by atoms with Crippen molar-refractivity contribution < 1.29 is 27.8 Å². The summed E-state index contributed by atoms with van der Waals surface area (Å²) in [5.74, 6) is 0.128. The molecule has 0 aliphatic heterocycles. The second kappa shape index (κ2) is 10.1. The van der Waals surface area contributed by atoms with Gasteiger partial charge in [0.15, 0.2) is 11.5 Å². The molecule has 0 saturated carbocycles. The Morgan fingerprint density at radius 3 is 2.63 bits per heavy atom. The summed E-state index contributed by atoms with van der Waals surface area (Å²) in [5.41, 5.74) is 3.25. The predicted molar refractivity (Wildman–Crippen MR) is 113 cm³/mol. The SMILES string of the molecule is CCOc1cccc(/C=N/NC(=O)CN(C)S(=O)(=O)c2ccc(OC)c(C)c2)c1O. The zero-order chi connectivity index (χ0) is 22.3. The Balaban J connectivity index is 2.03. The van der Waals surface area contributed by atoms with Gasteiger partial charge in [-0.15, -0.1) is 0 Å². The van der Waals surface area contributed by atoms with E-state index in [4.69, 9.17) is 9.47 Å². The molecule has 10 heteroatoms. The van der Waals surface area contributed by atoms with E-state index in [-0.39, 0.29) is 10.6 Å². The lowest BCUT2D eigenvalue weighted by atomic mass is 10.2. The van der Waals surface area contributed by atoms with Crippen molar-refractivity contribution in [2.24, 2.45) is 5.10 Å². The highest BCUT2D eigenvalue weighted by atomic mass is 32.2. The Labute approximate surface area is 176 Å². The number of nitrogens with one attached hydrogen (secondary N) is 1. The van der Waals surface area contributed by atoms with E-state index in [1.165, 1.54) is 32.5 Å². The summed E-state index contributed by atoms with van der Waals surface area (Å²) in [4.78, 5) is 12.2. The van der Waals surface area contributed by atoms with Crippen LogP contribution in [0.15, 0.2) is 46.4 Å². The molecule has 0 saturated heterocycles. The molecule has 162 valence electrons. The largest absolute Gasteiger partial charge is 0.504 e. The molecule has 9 nitrogen and oxygen atoms in total. The second-order valence-electron chi connectivity index (χ2n) is 6.31. The maximum Gasteiger partial charge on any atom is 0.255 e. The molecule has 0 radical (unpaired) electrons. The Bertz CT molecular complexity index is 1040. The van der Waals surface area contributed by atoms with Crippen molar-refractivity contribution >= 4 is 22.1 Å². The van der Waals surface area contributed by atoms with Crippen molar-refractivity contribution in [2.45, 2.75) is 18.7 Å². The topological polar surface area (TPSA) is 118 Å². The van der Waals surface area contributed by atoms with Crippen LogP contribution in [-0.2, 0) is 14.8 Å². The Morgan fingerprint density at radius 2 is 2.00 bits per heavy atom. The molecule has 0 aliphatic rings. The molecule has 30 heavy (non-hydrogen) atoms. The molecule has 0 unspecified atom stereocenters. The first kappa shape index (κ1) is 23.2. The summed E-state index contributed by atoms with van der Waals surface area (Å²) in [6, 6.07) is 9.33. The molecule has 0 heterocycles. The average molecular weight is 436 g/mol. The number of ether oxygens (including phenoxy) is 2. The molecule has 2 rings (SSSR count). The number of aromatic hydroxyl groups is 1. The number of hydrogen-bond donors (Lipinski definition) is 2. The third kappa shape index (κ3) is 5.49. The Morgan fingerprint density at radius 1 is 1.27 bits per heavy atom. The Kier molecular flexibility index (Phi) is 7.79. The minimum absolute atomic E-state index is 0.0530. The van der Waals surface area contributed by atoms with Crippen LogP contribution >= 0.6 is 0 Å². The number of benzene rings is 2. The van der Waals surface area contributed by atoms with Gasteiger partial charge in [0.2, 0.25) is 10.0 Å². The van der Waals surface area contributed by atoms with Crippen LogP contribution in [0.2, 0.25) is 0 Å². The first-order valence-corrected chi connectivity index (χ1v) is 10.5. The van der Waals surface area contributed by atoms with Crippen LogP contribution in [0, 0.1) is 6.92 Å². The highest BCUT2D eigenvalue weighted by Crippen LogP contribution is 2.28. The number of likely N-dealkylation sites (N-methyl/N-ethyl adjacent to an activating group) is 1. The van der Waals surface area contributed by atoms with Gasteiger partial charge in [-0.1, -0.05) is 6.07 Å². The van der Waals surface area contributed by atoms with E-state index in [9.17, 15) is 18.3 Å². The predicted octanol–water partition coefficient (Wildman–Crippen LogP) is 1.88. The van der Waals surface area contributed by atoms with Crippen molar-refractivity contribution in [1.29, 1.82) is 0 Å². The molecule has 0 aromatic heterocycles. The molecule has 2 aromatic rings. The Hall–Kier alpha value is -3.11. The standard InChI is InChI=1S/C20H25N3O6S/c1-5-29-18-8-6-7-15(20(18)25)12-21-22-19(24)13-23(3)30(26,27)16-9-10-17(28-4)14(2)11-16/h6-12,25H,5,13H2,1-4H3,(H,22,24)/b21-12+. The van der Waals surface area contributed by atoms with Crippen molar-refractivity contribution in [2.75, 3.05) is 27.3 Å².